The van der Waals surface area contributed by atoms with E-state index in [0.717, 1.165) is 4.83 Å². The summed E-state index contributed by atoms with van der Waals surface area (Å²) in [5.41, 5.74) is -0.793. The van der Waals surface area contributed by atoms with E-state index in [0.29, 0.717) is 18.4 Å². The zero-order valence-corrected chi connectivity index (χ0v) is 10.1. The molecular weight excluding hydrogens is 224 g/mol. The molecule has 1 N–H and O–H groups in total. The standard InChI is InChI=1S/C11H14N2O2S/c1-11(2,15)4-5-13-7-12-9-8(10(13)14)3-6-16-9/h3,6-7,15H,4-5H2,1-2H3. The van der Waals surface area contributed by atoms with Crippen LogP contribution in [-0.2, 0) is 6.54 Å². The number of rotatable bonds is 3. The monoisotopic (exact) mass is 238 g/mol. The van der Waals surface area contributed by atoms with Gasteiger partial charge >= 0.3 is 0 Å². The minimum Gasteiger partial charge on any atom is -0.390 e. The zero-order valence-electron chi connectivity index (χ0n) is 9.30. The fourth-order valence-electron chi connectivity index (χ4n) is 1.45. The van der Waals surface area contributed by atoms with Gasteiger partial charge in [-0.15, -0.1) is 11.3 Å². The lowest BCUT2D eigenvalue weighted by Crippen LogP contribution is -2.26. The average Bonchev–Trinajstić information content (AvgIpc) is 2.64. The predicted molar refractivity (Wildman–Crippen MR) is 64.8 cm³/mol. The van der Waals surface area contributed by atoms with E-state index < -0.39 is 5.60 Å². The van der Waals surface area contributed by atoms with Crippen LogP contribution in [0.15, 0.2) is 22.6 Å². The molecular formula is C11H14N2O2S. The first-order valence-electron chi connectivity index (χ1n) is 5.12. The molecule has 0 aromatic carbocycles. The van der Waals surface area contributed by atoms with Crippen molar-refractivity contribution in [3.63, 3.8) is 0 Å². The number of aromatic nitrogens is 2. The van der Waals surface area contributed by atoms with Crippen molar-refractivity contribution in [2.75, 3.05) is 0 Å². The van der Waals surface area contributed by atoms with Crippen LogP contribution < -0.4 is 5.56 Å². The number of hydrogen-bond donors (Lipinski definition) is 1. The number of fused-ring (bicyclic) bond motifs is 1. The van der Waals surface area contributed by atoms with Crippen LogP contribution >= 0.6 is 11.3 Å². The fourth-order valence-corrected chi connectivity index (χ4v) is 2.17. The number of hydrogen-bond acceptors (Lipinski definition) is 4. The van der Waals surface area contributed by atoms with Gasteiger partial charge in [0.1, 0.15) is 4.83 Å². The van der Waals surface area contributed by atoms with Gasteiger partial charge in [-0.05, 0) is 31.7 Å². The highest BCUT2D eigenvalue weighted by Gasteiger charge is 2.13. The van der Waals surface area contributed by atoms with Crippen molar-refractivity contribution in [3.8, 4) is 0 Å². The first-order valence-corrected chi connectivity index (χ1v) is 6.00. The van der Waals surface area contributed by atoms with Gasteiger partial charge in [0.2, 0.25) is 0 Å². The van der Waals surface area contributed by atoms with Gasteiger partial charge in [-0.1, -0.05) is 0 Å². The number of nitrogens with zero attached hydrogens (tertiary/aromatic N) is 2. The number of aryl methyl sites for hydroxylation is 1. The maximum absolute atomic E-state index is 12.0. The minimum absolute atomic E-state index is 0.0319. The van der Waals surface area contributed by atoms with E-state index >= 15 is 0 Å². The van der Waals surface area contributed by atoms with Gasteiger partial charge in [0.25, 0.3) is 5.56 Å². The second kappa shape index (κ2) is 3.99. The highest BCUT2D eigenvalue weighted by atomic mass is 32.1. The molecule has 4 nitrogen and oxygen atoms in total. The highest BCUT2D eigenvalue weighted by molar-refractivity contribution is 7.16. The Balaban J connectivity index is 2.31. The second-order valence-electron chi connectivity index (χ2n) is 4.44. The molecule has 0 atom stereocenters. The summed E-state index contributed by atoms with van der Waals surface area (Å²) in [5, 5.41) is 12.1. The van der Waals surface area contributed by atoms with Gasteiger partial charge in [-0.2, -0.15) is 0 Å². The summed E-state index contributed by atoms with van der Waals surface area (Å²) in [6.07, 6.45) is 2.08. The summed E-state index contributed by atoms with van der Waals surface area (Å²) < 4.78 is 1.55. The largest absolute Gasteiger partial charge is 0.390 e. The summed E-state index contributed by atoms with van der Waals surface area (Å²) in [5.74, 6) is 0. The van der Waals surface area contributed by atoms with Crippen molar-refractivity contribution in [2.45, 2.75) is 32.4 Å². The van der Waals surface area contributed by atoms with E-state index in [2.05, 4.69) is 4.98 Å². The molecule has 2 rings (SSSR count). The summed E-state index contributed by atoms with van der Waals surface area (Å²) in [4.78, 5) is 16.9. The Morgan fingerprint density at radius 2 is 2.31 bits per heavy atom. The Morgan fingerprint density at radius 1 is 1.56 bits per heavy atom. The molecule has 0 saturated heterocycles. The van der Waals surface area contributed by atoms with E-state index in [9.17, 15) is 9.90 Å². The first-order chi connectivity index (χ1) is 7.47. The fraction of sp³-hybridized carbons (Fsp3) is 0.455. The van der Waals surface area contributed by atoms with Crippen LogP contribution in [0.1, 0.15) is 20.3 Å². The van der Waals surface area contributed by atoms with Gasteiger partial charge < -0.3 is 5.11 Å². The van der Waals surface area contributed by atoms with Crippen molar-refractivity contribution in [1.29, 1.82) is 0 Å². The smallest absolute Gasteiger partial charge is 0.262 e. The minimum atomic E-state index is -0.761. The highest BCUT2D eigenvalue weighted by Crippen LogP contribution is 2.14. The van der Waals surface area contributed by atoms with Crippen molar-refractivity contribution in [2.24, 2.45) is 0 Å². The normalized spacial score (nSPS) is 12.2. The van der Waals surface area contributed by atoms with Crippen molar-refractivity contribution < 1.29 is 5.11 Å². The molecule has 2 aromatic rings. The molecule has 0 saturated carbocycles. The molecule has 16 heavy (non-hydrogen) atoms. The van der Waals surface area contributed by atoms with Crippen molar-refractivity contribution >= 4 is 21.6 Å². The van der Waals surface area contributed by atoms with Gasteiger partial charge in [-0.3, -0.25) is 9.36 Å². The van der Waals surface area contributed by atoms with Crippen LogP contribution in [0.25, 0.3) is 10.2 Å². The number of aliphatic hydroxyl groups is 1. The maximum Gasteiger partial charge on any atom is 0.262 e. The van der Waals surface area contributed by atoms with Crippen LogP contribution in [0.3, 0.4) is 0 Å². The molecule has 0 aliphatic carbocycles. The Hall–Kier alpha value is -1.20. The molecule has 86 valence electrons. The molecule has 0 aliphatic rings. The summed E-state index contributed by atoms with van der Waals surface area (Å²) in [6, 6.07) is 1.79. The molecule has 0 aliphatic heterocycles. The topological polar surface area (TPSA) is 55.1 Å². The SMILES string of the molecule is CC(C)(O)CCn1cnc2sccc2c1=O. The van der Waals surface area contributed by atoms with E-state index in [1.54, 1.807) is 30.8 Å². The van der Waals surface area contributed by atoms with Gasteiger partial charge in [-0.25, -0.2) is 4.98 Å². The number of thiophene rings is 1. The van der Waals surface area contributed by atoms with Crippen molar-refractivity contribution in [3.05, 3.63) is 28.1 Å². The molecule has 2 aromatic heterocycles. The molecule has 0 unspecified atom stereocenters. The van der Waals surface area contributed by atoms with Crippen LogP contribution in [-0.4, -0.2) is 20.3 Å². The Kier molecular flexibility index (Phi) is 2.82. The molecule has 0 fully saturated rings. The van der Waals surface area contributed by atoms with Crippen molar-refractivity contribution in [1.82, 2.24) is 9.55 Å². The Labute approximate surface area is 97.2 Å². The molecule has 0 radical (unpaired) electrons. The lowest BCUT2D eigenvalue weighted by Gasteiger charge is -2.17. The van der Waals surface area contributed by atoms with E-state index in [1.807, 2.05) is 5.38 Å². The molecule has 0 amide bonds. The van der Waals surface area contributed by atoms with Crippen LogP contribution in [0.4, 0.5) is 0 Å². The third-order valence-corrected chi connectivity index (χ3v) is 3.24. The Morgan fingerprint density at radius 3 is 3.00 bits per heavy atom. The maximum atomic E-state index is 12.0. The van der Waals surface area contributed by atoms with Crippen LogP contribution in [0.2, 0.25) is 0 Å². The summed E-state index contributed by atoms with van der Waals surface area (Å²) in [6.45, 7) is 3.95. The second-order valence-corrected chi connectivity index (χ2v) is 5.34. The van der Waals surface area contributed by atoms with Gasteiger partial charge in [0.05, 0.1) is 17.3 Å². The van der Waals surface area contributed by atoms with E-state index in [1.165, 1.54) is 11.3 Å². The quantitative estimate of drug-likeness (QED) is 0.884. The van der Waals surface area contributed by atoms with Gasteiger partial charge in [0, 0.05) is 6.54 Å². The van der Waals surface area contributed by atoms with E-state index in [4.69, 9.17) is 0 Å². The predicted octanol–water partition coefficient (Wildman–Crippen LogP) is 1.62. The average molecular weight is 238 g/mol. The lowest BCUT2D eigenvalue weighted by molar-refractivity contribution is 0.0659. The lowest BCUT2D eigenvalue weighted by atomic mass is 10.1. The summed E-state index contributed by atoms with van der Waals surface area (Å²) in [7, 11) is 0. The molecule has 2 heterocycles. The zero-order chi connectivity index (χ0) is 11.8. The molecule has 0 bridgehead atoms. The third kappa shape index (κ3) is 2.31. The Bertz CT molecular complexity index is 551. The van der Waals surface area contributed by atoms with Gasteiger partial charge in [0.15, 0.2) is 0 Å². The van der Waals surface area contributed by atoms with Crippen LogP contribution in [0.5, 0.6) is 0 Å². The third-order valence-electron chi connectivity index (χ3n) is 2.41. The molecule has 5 heteroatoms. The first kappa shape index (κ1) is 11.3. The summed E-state index contributed by atoms with van der Waals surface area (Å²) >= 11 is 1.46. The molecule has 0 spiro atoms. The van der Waals surface area contributed by atoms with Crippen LogP contribution in [0, 0.1) is 0 Å². The van der Waals surface area contributed by atoms with E-state index in [-0.39, 0.29) is 5.56 Å².